The molecule has 0 amide bonds. The van der Waals surface area contributed by atoms with Crippen molar-refractivity contribution >= 4 is 0 Å². The van der Waals surface area contributed by atoms with Gasteiger partial charge in [-0.25, -0.2) is 0 Å². The highest BCUT2D eigenvalue weighted by molar-refractivity contribution is 5.20. The van der Waals surface area contributed by atoms with Gasteiger partial charge in [-0.3, -0.25) is 0 Å². The highest BCUT2D eigenvalue weighted by Crippen LogP contribution is 2.33. The van der Waals surface area contributed by atoms with Gasteiger partial charge in [-0.05, 0) is 24.0 Å². The third kappa shape index (κ3) is 3.74. The van der Waals surface area contributed by atoms with E-state index >= 15 is 0 Å². The van der Waals surface area contributed by atoms with E-state index in [1.807, 2.05) is 36.4 Å². The molecule has 116 valence electrons. The van der Waals surface area contributed by atoms with Crippen LogP contribution >= 0.6 is 0 Å². The highest BCUT2D eigenvalue weighted by atomic mass is 16.6. The van der Waals surface area contributed by atoms with Crippen molar-refractivity contribution in [3.8, 4) is 0 Å². The molecule has 0 saturated carbocycles. The number of aliphatic hydroxyl groups is 1. The van der Waals surface area contributed by atoms with Crippen LogP contribution in [-0.4, -0.2) is 23.9 Å². The minimum absolute atomic E-state index is 0.00302. The number of hydrogen-bond donors (Lipinski definition) is 1. The third-order valence-corrected chi connectivity index (χ3v) is 4.08. The summed E-state index contributed by atoms with van der Waals surface area (Å²) in [5, 5.41) is 9.28. The second kappa shape index (κ2) is 7.54. The van der Waals surface area contributed by atoms with Crippen LogP contribution in [0.2, 0.25) is 0 Å². The molecule has 1 fully saturated rings. The average molecular weight is 298 g/mol. The summed E-state index contributed by atoms with van der Waals surface area (Å²) in [5.74, 6) is 0. The number of rotatable bonds is 6. The molecule has 0 radical (unpaired) electrons. The molecule has 3 atom stereocenters. The predicted octanol–water partition coefficient (Wildman–Crippen LogP) is 3.48. The minimum Gasteiger partial charge on any atom is -0.394 e. The Balaban J connectivity index is 1.72. The normalized spacial score (nSPS) is 22.6. The van der Waals surface area contributed by atoms with E-state index in [0.29, 0.717) is 6.61 Å². The van der Waals surface area contributed by atoms with E-state index < -0.39 is 0 Å². The van der Waals surface area contributed by atoms with E-state index in [1.54, 1.807) is 0 Å². The SMILES string of the molecule is OCC1CCC(C(OCc2ccccc2)c2ccccc2)O1. The Morgan fingerprint density at radius 2 is 1.68 bits per heavy atom. The zero-order chi connectivity index (χ0) is 15.2. The number of hydrogen-bond acceptors (Lipinski definition) is 3. The first-order chi connectivity index (χ1) is 10.9. The van der Waals surface area contributed by atoms with Crippen LogP contribution in [0.15, 0.2) is 60.7 Å². The van der Waals surface area contributed by atoms with Gasteiger partial charge in [-0.15, -0.1) is 0 Å². The van der Waals surface area contributed by atoms with E-state index in [1.165, 1.54) is 0 Å². The van der Waals surface area contributed by atoms with Crippen molar-refractivity contribution in [3.05, 3.63) is 71.8 Å². The first-order valence-corrected chi connectivity index (χ1v) is 7.83. The molecule has 0 spiro atoms. The Morgan fingerprint density at radius 3 is 2.32 bits per heavy atom. The first kappa shape index (κ1) is 15.2. The molecule has 1 aliphatic heterocycles. The van der Waals surface area contributed by atoms with Crippen molar-refractivity contribution in [2.45, 2.75) is 37.8 Å². The predicted molar refractivity (Wildman–Crippen MR) is 85.4 cm³/mol. The molecule has 1 saturated heterocycles. The van der Waals surface area contributed by atoms with E-state index in [9.17, 15) is 5.11 Å². The molecule has 1 heterocycles. The van der Waals surface area contributed by atoms with Crippen LogP contribution in [0.1, 0.15) is 30.1 Å². The van der Waals surface area contributed by atoms with Crippen molar-refractivity contribution in [1.82, 2.24) is 0 Å². The van der Waals surface area contributed by atoms with Crippen LogP contribution in [-0.2, 0) is 16.1 Å². The van der Waals surface area contributed by atoms with Crippen molar-refractivity contribution in [3.63, 3.8) is 0 Å². The van der Waals surface area contributed by atoms with Gasteiger partial charge in [0.15, 0.2) is 0 Å². The fraction of sp³-hybridized carbons (Fsp3) is 0.368. The van der Waals surface area contributed by atoms with Gasteiger partial charge in [-0.2, -0.15) is 0 Å². The van der Waals surface area contributed by atoms with Gasteiger partial charge < -0.3 is 14.6 Å². The molecule has 2 aromatic carbocycles. The van der Waals surface area contributed by atoms with E-state index in [2.05, 4.69) is 24.3 Å². The average Bonchev–Trinajstić information content (AvgIpc) is 3.06. The smallest absolute Gasteiger partial charge is 0.109 e. The van der Waals surface area contributed by atoms with Crippen molar-refractivity contribution in [2.24, 2.45) is 0 Å². The zero-order valence-electron chi connectivity index (χ0n) is 12.6. The largest absolute Gasteiger partial charge is 0.394 e. The van der Waals surface area contributed by atoms with Gasteiger partial charge in [0.2, 0.25) is 0 Å². The summed E-state index contributed by atoms with van der Waals surface area (Å²) in [4.78, 5) is 0. The Bertz CT molecular complexity index is 555. The van der Waals surface area contributed by atoms with Crippen LogP contribution in [0.5, 0.6) is 0 Å². The molecule has 3 heteroatoms. The summed E-state index contributed by atoms with van der Waals surface area (Å²) in [5.41, 5.74) is 2.28. The highest BCUT2D eigenvalue weighted by Gasteiger charge is 2.32. The van der Waals surface area contributed by atoms with Crippen molar-refractivity contribution in [2.75, 3.05) is 6.61 Å². The Morgan fingerprint density at radius 1 is 1.00 bits per heavy atom. The van der Waals surface area contributed by atoms with Crippen molar-refractivity contribution in [1.29, 1.82) is 0 Å². The maximum absolute atomic E-state index is 9.28. The van der Waals surface area contributed by atoms with Crippen LogP contribution in [0.3, 0.4) is 0 Å². The van der Waals surface area contributed by atoms with Gasteiger partial charge >= 0.3 is 0 Å². The third-order valence-electron chi connectivity index (χ3n) is 4.08. The van der Waals surface area contributed by atoms with Crippen LogP contribution in [0, 0.1) is 0 Å². The molecule has 1 N–H and O–H groups in total. The lowest BCUT2D eigenvalue weighted by Gasteiger charge is -2.25. The second-order valence-corrected chi connectivity index (χ2v) is 5.68. The quantitative estimate of drug-likeness (QED) is 0.887. The standard InChI is InChI=1S/C19H22O3/c20-13-17-11-12-18(22-17)19(16-9-5-2-6-10-16)21-14-15-7-3-1-4-8-15/h1-10,17-20H,11-14H2. The lowest BCUT2D eigenvalue weighted by molar-refractivity contribution is -0.0856. The number of aliphatic hydroxyl groups excluding tert-OH is 1. The summed E-state index contributed by atoms with van der Waals surface area (Å²) in [7, 11) is 0. The zero-order valence-corrected chi connectivity index (χ0v) is 12.6. The molecule has 22 heavy (non-hydrogen) atoms. The maximum atomic E-state index is 9.28. The fourth-order valence-corrected chi connectivity index (χ4v) is 2.91. The Labute approximate surface area is 131 Å². The van der Waals surface area contributed by atoms with Crippen LogP contribution < -0.4 is 0 Å². The number of benzene rings is 2. The molecule has 0 aromatic heterocycles. The molecule has 3 nitrogen and oxygen atoms in total. The van der Waals surface area contributed by atoms with Gasteiger partial charge in [0.25, 0.3) is 0 Å². The van der Waals surface area contributed by atoms with Crippen LogP contribution in [0.4, 0.5) is 0 Å². The lowest BCUT2D eigenvalue weighted by Crippen LogP contribution is -2.23. The summed E-state index contributed by atoms with van der Waals surface area (Å²) >= 11 is 0. The Hall–Kier alpha value is -1.68. The summed E-state index contributed by atoms with van der Waals surface area (Å²) in [6.45, 7) is 0.640. The lowest BCUT2D eigenvalue weighted by atomic mass is 10.0. The maximum Gasteiger partial charge on any atom is 0.109 e. The Kier molecular flexibility index (Phi) is 5.22. The van der Waals surface area contributed by atoms with E-state index in [4.69, 9.17) is 9.47 Å². The summed E-state index contributed by atoms with van der Waals surface area (Å²) in [6, 6.07) is 20.4. The molecule has 0 aliphatic carbocycles. The topological polar surface area (TPSA) is 38.7 Å². The van der Waals surface area contributed by atoms with Gasteiger partial charge in [0, 0.05) is 0 Å². The minimum atomic E-state index is -0.0991. The van der Waals surface area contributed by atoms with Crippen molar-refractivity contribution < 1.29 is 14.6 Å². The monoisotopic (exact) mass is 298 g/mol. The first-order valence-electron chi connectivity index (χ1n) is 7.83. The molecule has 1 aliphatic rings. The molecular formula is C19H22O3. The molecule has 3 unspecified atom stereocenters. The van der Waals surface area contributed by atoms with Gasteiger partial charge in [0.1, 0.15) is 6.10 Å². The van der Waals surface area contributed by atoms with E-state index in [0.717, 1.165) is 24.0 Å². The molecule has 0 bridgehead atoms. The number of ether oxygens (including phenoxy) is 2. The summed E-state index contributed by atoms with van der Waals surface area (Å²) in [6.07, 6.45) is 1.65. The van der Waals surface area contributed by atoms with Crippen LogP contribution in [0.25, 0.3) is 0 Å². The second-order valence-electron chi connectivity index (χ2n) is 5.68. The molecule has 2 aromatic rings. The molecular weight excluding hydrogens is 276 g/mol. The van der Waals surface area contributed by atoms with Gasteiger partial charge in [-0.1, -0.05) is 60.7 Å². The fourth-order valence-electron chi connectivity index (χ4n) is 2.91. The van der Waals surface area contributed by atoms with Gasteiger partial charge in [0.05, 0.1) is 25.4 Å². The summed E-state index contributed by atoms with van der Waals surface area (Å²) < 4.78 is 12.1. The van der Waals surface area contributed by atoms with E-state index in [-0.39, 0.29) is 24.9 Å². The molecule has 3 rings (SSSR count).